The lowest BCUT2D eigenvalue weighted by molar-refractivity contribution is -0.126. The number of nitrogens with zero attached hydrogens (tertiary/aromatic N) is 1. The van der Waals surface area contributed by atoms with Gasteiger partial charge in [-0.05, 0) is 54.7 Å². The van der Waals surface area contributed by atoms with E-state index in [0.717, 1.165) is 17.7 Å². The molecular formula is C23H28Cl2N2O4S. The molecule has 1 aliphatic heterocycles. The smallest absolute Gasteiger partial charge is 0.224 e. The summed E-state index contributed by atoms with van der Waals surface area (Å²) < 4.78 is 32.6. The van der Waals surface area contributed by atoms with Crippen molar-refractivity contribution in [3.05, 3.63) is 63.6 Å². The number of piperidine rings is 1. The van der Waals surface area contributed by atoms with Crippen LogP contribution in [0.4, 0.5) is 0 Å². The predicted octanol–water partition coefficient (Wildman–Crippen LogP) is 4.81. The number of halogens is 2. The summed E-state index contributed by atoms with van der Waals surface area (Å²) in [5.74, 6) is 0.0635. The molecule has 0 radical (unpaired) electrons. The molecule has 1 amide bonds. The van der Waals surface area contributed by atoms with Gasteiger partial charge in [-0.3, -0.25) is 4.79 Å². The normalized spacial score (nSPS) is 18.2. The molecule has 1 saturated heterocycles. The van der Waals surface area contributed by atoms with Crippen LogP contribution in [0.2, 0.25) is 10.0 Å². The molecule has 2 aromatic carbocycles. The highest BCUT2D eigenvalue weighted by Crippen LogP contribution is 2.27. The van der Waals surface area contributed by atoms with Crippen LogP contribution >= 0.6 is 23.2 Å². The van der Waals surface area contributed by atoms with Gasteiger partial charge in [0.2, 0.25) is 15.9 Å². The number of sulfonamides is 1. The number of hydrogen-bond acceptors (Lipinski definition) is 4. The zero-order valence-corrected chi connectivity index (χ0v) is 20.5. The van der Waals surface area contributed by atoms with Gasteiger partial charge in [0.15, 0.2) is 0 Å². The number of benzene rings is 2. The minimum absolute atomic E-state index is 0.123. The third-order valence-electron chi connectivity index (χ3n) is 5.72. The first-order chi connectivity index (χ1) is 15.2. The molecule has 9 heteroatoms. The summed E-state index contributed by atoms with van der Waals surface area (Å²) in [4.78, 5) is 13.0. The molecule has 1 N–H and O–H groups in total. The maximum atomic E-state index is 13.0. The first kappa shape index (κ1) is 24.8. The third kappa shape index (κ3) is 6.16. The van der Waals surface area contributed by atoms with Gasteiger partial charge in [-0.25, -0.2) is 12.7 Å². The second-order valence-electron chi connectivity index (χ2n) is 7.94. The minimum atomic E-state index is -3.59. The van der Waals surface area contributed by atoms with Crippen molar-refractivity contribution in [1.82, 2.24) is 9.62 Å². The molecule has 0 aromatic heterocycles. The molecule has 0 spiro atoms. The third-order valence-corrected chi connectivity index (χ3v) is 8.28. The molecule has 32 heavy (non-hydrogen) atoms. The standard InChI is InChI=1S/C23H28Cl2N2O4S/c1-3-22(17-7-9-19(31-2)10-8-17)26-23(28)18-5-4-12-27(14-18)32(29,30)15-16-6-11-20(24)21(25)13-16/h6-11,13,18,22H,3-5,12,14-15H2,1-2H3,(H,26,28)/t18-,22+/m1/s1. The van der Waals surface area contributed by atoms with Crippen LogP contribution in [0.25, 0.3) is 0 Å². The summed E-state index contributed by atoms with van der Waals surface area (Å²) in [6.45, 7) is 2.59. The summed E-state index contributed by atoms with van der Waals surface area (Å²) in [5, 5.41) is 3.79. The molecule has 0 bridgehead atoms. The van der Waals surface area contributed by atoms with Crippen LogP contribution in [0.1, 0.15) is 43.4 Å². The van der Waals surface area contributed by atoms with Crippen LogP contribution in [-0.2, 0) is 20.6 Å². The van der Waals surface area contributed by atoms with E-state index in [-0.39, 0.29) is 30.2 Å². The second kappa shape index (κ2) is 10.9. The van der Waals surface area contributed by atoms with Crippen molar-refractivity contribution in [1.29, 1.82) is 0 Å². The molecule has 2 aromatic rings. The van der Waals surface area contributed by atoms with Crippen molar-refractivity contribution in [2.45, 2.75) is 38.0 Å². The Labute approximate surface area is 199 Å². The zero-order valence-electron chi connectivity index (χ0n) is 18.2. The summed E-state index contributed by atoms with van der Waals surface area (Å²) >= 11 is 11.9. The minimum Gasteiger partial charge on any atom is -0.497 e. The Balaban J connectivity index is 1.65. The van der Waals surface area contributed by atoms with E-state index in [1.165, 1.54) is 4.31 Å². The summed E-state index contributed by atoms with van der Waals surface area (Å²) in [6.07, 6.45) is 2.02. The Hall–Kier alpha value is -1.80. The Morgan fingerprint density at radius 1 is 1.19 bits per heavy atom. The van der Waals surface area contributed by atoms with Crippen LogP contribution in [-0.4, -0.2) is 38.8 Å². The first-order valence-corrected chi connectivity index (χ1v) is 13.0. The Bertz CT molecular complexity index is 1040. The van der Waals surface area contributed by atoms with Gasteiger partial charge in [0.25, 0.3) is 0 Å². The molecule has 0 unspecified atom stereocenters. The van der Waals surface area contributed by atoms with Crippen molar-refractivity contribution in [3.63, 3.8) is 0 Å². The highest BCUT2D eigenvalue weighted by molar-refractivity contribution is 7.88. The van der Waals surface area contributed by atoms with E-state index < -0.39 is 10.0 Å². The molecule has 1 aliphatic rings. The fourth-order valence-electron chi connectivity index (χ4n) is 3.89. The highest BCUT2D eigenvalue weighted by Gasteiger charge is 2.33. The second-order valence-corrected chi connectivity index (χ2v) is 10.7. The number of carbonyl (C=O) groups excluding carboxylic acids is 1. The zero-order chi connectivity index (χ0) is 23.3. The molecule has 1 fully saturated rings. The van der Waals surface area contributed by atoms with E-state index >= 15 is 0 Å². The quantitative estimate of drug-likeness (QED) is 0.566. The van der Waals surface area contributed by atoms with E-state index in [2.05, 4.69) is 5.32 Å². The molecule has 6 nitrogen and oxygen atoms in total. The molecule has 0 aliphatic carbocycles. The highest BCUT2D eigenvalue weighted by atomic mass is 35.5. The number of rotatable bonds is 8. The van der Waals surface area contributed by atoms with E-state index in [0.29, 0.717) is 35.0 Å². The number of amides is 1. The number of nitrogens with one attached hydrogen (secondary N) is 1. The van der Waals surface area contributed by atoms with E-state index in [1.54, 1.807) is 25.3 Å². The Morgan fingerprint density at radius 3 is 2.53 bits per heavy atom. The van der Waals surface area contributed by atoms with Gasteiger partial charge < -0.3 is 10.1 Å². The topological polar surface area (TPSA) is 75.7 Å². The fraction of sp³-hybridized carbons (Fsp3) is 0.435. The first-order valence-electron chi connectivity index (χ1n) is 10.6. The SMILES string of the molecule is CC[C@H](NC(=O)[C@@H]1CCCN(S(=O)(=O)Cc2ccc(Cl)c(Cl)c2)C1)c1ccc(OC)cc1. The van der Waals surface area contributed by atoms with Crippen LogP contribution in [0, 0.1) is 5.92 Å². The van der Waals surface area contributed by atoms with Gasteiger partial charge in [0, 0.05) is 13.1 Å². The van der Waals surface area contributed by atoms with Gasteiger partial charge in [-0.15, -0.1) is 0 Å². The van der Waals surface area contributed by atoms with Gasteiger partial charge in [0.1, 0.15) is 5.75 Å². The lowest BCUT2D eigenvalue weighted by atomic mass is 9.97. The maximum Gasteiger partial charge on any atom is 0.224 e. The van der Waals surface area contributed by atoms with Crippen molar-refractivity contribution in [2.24, 2.45) is 5.92 Å². The van der Waals surface area contributed by atoms with E-state index in [4.69, 9.17) is 27.9 Å². The van der Waals surface area contributed by atoms with Crippen molar-refractivity contribution in [3.8, 4) is 5.75 Å². The van der Waals surface area contributed by atoms with Crippen molar-refractivity contribution >= 4 is 39.1 Å². The Kier molecular flexibility index (Phi) is 8.44. The summed E-state index contributed by atoms with van der Waals surface area (Å²) in [7, 11) is -1.98. The molecule has 2 atom stereocenters. The van der Waals surface area contributed by atoms with Crippen LogP contribution in [0.5, 0.6) is 5.75 Å². The van der Waals surface area contributed by atoms with Gasteiger partial charge >= 0.3 is 0 Å². The monoisotopic (exact) mass is 498 g/mol. The number of carbonyl (C=O) groups is 1. The fourth-order valence-corrected chi connectivity index (χ4v) is 5.81. The lowest BCUT2D eigenvalue weighted by Crippen LogP contribution is -2.46. The molecule has 1 heterocycles. The lowest BCUT2D eigenvalue weighted by Gasteiger charge is -2.32. The Morgan fingerprint density at radius 2 is 1.91 bits per heavy atom. The van der Waals surface area contributed by atoms with Gasteiger partial charge in [0.05, 0.1) is 34.9 Å². The van der Waals surface area contributed by atoms with E-state index in [9.17, 15) is 13.2 Å². The summed E-state index contributed by atoms with van der Waals surface area (Å²) in [6, 6.07) is 12.3. The predicted molar refractivity (Wildman–Crippen MR) is 128 cm³/mol. The van der Waals surface area contributed by atoms with Crippen LogP contribution in [0.15, 0.2) is 42.5 Å². The largest absolute Gasteiger partial charge is 0.497 e. The van der Waals surface area contributed by atoms with Gasteiger partial charge in [-0.1, -0.05) is 48.3 Å². The number of ether oxygens (including phenoxy) is 1. The average molecular weight is 499 g/mol. The molecule has 3 rings (SSSR count). The van der Waals surface area contributed by atoms with Crippen LogP contribution < -0.4 is 10.1 Å². The van der Waals surface area contributed by atoms with E-state index in [1.807, 2.05) is 31.2 Å². The molecular weight excluding hydrogens is 471 g/mol. The number of methoxy groups -OCH3 is 1. The van der Waals surface area contributed by atoms with Gasteiger partial charge in [-0.2, -0.15) is 0 Å². The van der Waals surface area contributed by atoms with Crippen molar-refractivity contribution in [2.75, 3.05) is 20.2 Å². The number of hydrogen-bond donors (Lipinski definition) is 1. The van der Waals surface area contributed by atoms with Crippen LogP contribution in [0.3, 0.4) is 0 Å². The molecule has 174 valence electrons. The van der Waals surface area contributed by atoms with Crippen molar-refractivity contribution < 1.29 is 17.9 Å². The molecule has 0 saturated carbocycles. The summed E-state index contributed by atoms with van der Waals surface area (Å²) in [5.41, 5.74) is 1.55. The maximum absolute atomic E-state index is 13.0. The average Bonchev–Trinajstić information content (AvgIpc) is 2.79.